The normalized spacial score (nSPS) is 10.6. The van der Waals surface area contributed by atoms with E-state index in [0.29, 0.717) is 17.4 Å². The molecule has 0 atom stereocenters. The molecule has 0 saturated carbocycles. The number of carbonyl (C=O) groups is 1. The van der Waals surface area contributed by atoms with Crippen LogP contribution in [0, 0.1) is 0 Å². The summed E-state index contributed by atoms with van der Waals surface area (Å²) in [5.41, 5.74) is 1.54. The van der Waals surface area contributed by atoms with Crippen molar-refractivity contribution in [1.82, 2.24) is 4.98 Å². The Bertz CT molecular complexity index is 877. The van der Waals surface area contributed by atoms with Crippen LogP contribution in [0.2, 0.25) is 0 Å². The third-order valence-electron chi connectivity index (χ3n) is 3.54. The van der Waals surface area contributed by atoms with Crippen molar-refractivity contribution in [2.45, 2.75) is 13.0 Å². The number of aliphatic hydroxyl groups is 1. The van der Waals surface area contributed by atoms with Gasteiger partial charge in [-0.3, -0.25) is 4.79 Å². The molecule has 0 fully saturated rings. The average Bonchev–Trinajstić information content (AvgIpc) is 2.62. The highest BCUT2D eigenvalue weighted by atomic mass is 16.5. The molecule has 3 aromatic rings. The number of aromatic nitrogens is 1. The van der Waals surface area contributed by atoms with Gasteiger partial charge >= 0.3 is 5.97 Å². The Morgan fingerprint density at radius 2 is 1.72 bits per heavy atom. The number of hydrogen-bond acceptors (Lipinski definition) is 5. The number of carboxylic acids is 1. The average molecular weight is 339 g/mol. The second-order valence-corrected chi connectivity index (χ2v) is 5.40. The number of hydrogen-bond donors (Lipinski definition) is 2. The fourth-order valence-electron chi connectivity index (χ4n) is 2.28. The van der Waals surface area contributed by atoms with E-state index in [0.717, 1.165) is 16.5 Å². The Labute approximate surface area is 144 Å². The largest absolute Gasteiger partial charge is 0.493 e. The first kappa shape index (κ1) is 16.7. The van der Waals surface area contributed by atoms with Crippen LogP contribution in [0.15, 0.2) is 54.6 Å². The Balaban J connectivity index is 1.69. The van der Waals surface area contributed by atoms with Gasteiger partial charge in [-0.1, -0.05) is 12.1 Å². The smallest absolute Gasteiger partial charge is 0.306 e. The second kappa shape index (κ2) is 7.63. The number of nitrogens with zero attached hydrogens (tertiary/aromatic N) is 1. The third kappa shape index (κ3) is 4.45. The van der Waals surface area contributed by atoms with Gasteiger partial charge < -0.3 is 19.7 Å². The lowest BCUT2D eigenvalue weighted by Gasteiger charge is -2.08. The molecule has 0 bridgehead atoms. The van der Waals surface area contributed by atoms with E-state index in [-0.39, 0.29) is 19.6 Å². The predicted octanol–water partition coefficient (Wildman–Crippen LogP) is 3.37. The van der Waals surface area contributed by atoms with Crippen molar-refractivity contribution >= 4 is 16.9 Å². The number of aliphatic carboxylic acids is 1. The number of pyridine rings is 1. The van der Waals surface area contributed by atoms with Crippen molar-refractivity contribution < 1.29 is 24.5 Å². The molecule has 0 aliphatic heterocycles. The highest BCUT2D eigenvalue weighted by molar-refractivity contribution is 5.79. The molecule has 0 aliphatic rings. The highest BCUT2D eigenvalue weighted by Crippen LogP contribution is 2.25. The van der Waals surface area contributed by atoms with Gasteiger partial charge in [0.05, 0.1) is 25.2 Å². The van der Waals surface area contributed by atoms with Gasteiger partial charge in [0.1, 0.15) is 11.5 Å². The summed E-state index contributed by atoms with van der Waals surface area (Å²) in [7, 11) is 0. The van der Waals surface area contributed by atoms with Crippen LogP contribution < -0.4 is 9.47 Å². The molecular formula is C19H17NO5. The summed E-state index contributed by atoms with van der Waals surface area (Å²) in [5.74, 6) is 0.720. The second-order valence-electron chi connectivity index (χ2n) is 5.40. The highest BCUT2D eigenvalue weighted by Gasteiger charge is 2.04. The van der Waals surface area contributed by atoms with Crippen molar-refractivity contribution in [3.63, 3.8) is 0 Å². The van der Waals surface area contributed by atoms with Gasteiger partial charge in [0.25, 0.3) is 0 Å². The number of aliphatic hydroxyl groups excluding tert-OH is 1. The van der Waals surface area contributed by atoms with E-state index in [4.69, 9.17) is 14.6 Å². The van der Waals surface area contributed by atoms with Crippen LogP contribution in [0.25, 0.3) is 10.9 Å². The summed E-state index contributed by atoms with van der Waals surface area (Å²) >= 11 is 0. The van der Waals surface area contributed by atoms with Gasteiger partial charge in [0.15, 0.2) is 0 Å². The minimum Gasteiger partial charge on any atom is -0.493 e. The Hall–Kier alpha value is -3.12. The van der Waals surface area contributed by atoms with E-state index in [1.807, 2.05) is 24.3 Å². The molecule has 0 radical (unpaired) electrons. The summed E-state index contributed by atoms with van der Waals surface area (Å²) in [5, 5.41) is 18.8. The molecule has 0 spiro atoms. The number of rotatable bonds is 7. The molecule has 6 heteroatoms. The number of fused-ring (bicyclic) bond motifs is 1. The summed E-state index contributed by atoms with van der Waals surface area (Å²) in [4.78, 5) is 14.9. The number of benzene rings is 2. The number of carboxylic acid groups (broad SMARTS) is 1. The topological polar surface area (TPSA) is 88.9 Å². The van der Waals surface area contributed by atoms with Gasteiger partial charge in [-0.15, -0.1) is 0 Å². The molecule has 0 aliphatic carbocycles. The van der Waals surface area contributed by atoms with Crippen molar-refractivity contribution in [3.05, 3.63) is 60.2 Å². The van der Waals surface area contributed by atoms with E-state index in [1.54, 1.807) is 30.3 Å². The van der Waals surface area contributed by atoms with Crippen molar-refractivity contribution in [2.24, 2.45) is 0 Å². The quantitative estimate of drug-likeness (QED) is 0.686. The monoisotopic (exact) mass is 339 g/mol. The molecule has 3 rings (SSSR count). The molecule has 0 unspecified atom stereocenters. The van der Waals surface area contributed by atoms with Gasteiger partial charge in [0.2, 0.25) is 5.88 Å². The molecule has 0 saturated heterocycles. The molecule has 0 amide bonds. The van der Waals surface area contributed by atoms with E-state index in [1.165, 1.54) is 0 Å². The molecule has 1 heterocycles. The Morgan fingerprint density at radius 3 is 2.44 bits per heavy atom. The molecular weight excluding hydrogens is 322 g/mol. The minimum absolute atomic E-state index is 0.0357. The zero-order valence-corrected chi connectivity index (χ0v) is 13.4. The predicted molar refractivity (Wildman–Crippen MR) is 91.9 cm³/mol. The summed E-state index contributed by atoms with van der Waals surface area (Å²) in [6.45, 7) is 0.0843. The molecule has 6 nitrogen and oxygen atoms in total. The van der Waals surface area contributed by atoms with E-state index in [2.05, 4.69) is 4.98 Å². The van der Waals surface area contributed by atoms with Crippen LogP contribution in [-0.4, -0.2) is 27.8 Å². The fourth-order valence-corrected chi connectivity index (χ4v) is 2.28. The van der Waals surface area contributed by atoms with Crippen LogP contribution in [0.4, 0.5) is 0 Å². The molecule has 1 aromatic heterocycles. The van der Waals surface area contributed by atoms with Crippen molar-refractivity contribution in [2.75, 3.05) is 6.61 Å². The lowest BCUT2D eigenvalue weighted by atomic mass is 10.1. The van der Waals surface area contributed by atoms with Crippen LogP contribution in [0.3, 0.4) is 0 Å². The maximum atomic E-state index is 10.5. The SMILES string of the molecule is O=C(O)CCOc1ccc(Oc2ccc3ccc(CO)cc3n2)cc1. The summed E-state index contributed by atoms with van der Waals surface area (Å²) in [6.07, 6.45) is -0.0465. The molecule has 128 valence electrons. The maximum Gasteiger partial charge on any atom is 0.306 e. The fraction of sp³-hybridized carbons (Fsp3) is 0.158. The van der Waals surface area contributed by atoms with E-state index >= 15 is 0 Å². The molecule has 2 N–H and O–H groups in total. The minimum atomic E-state index is -0.897. The third-order valence-corrected chi connectivity index (χ3v) is 3.54. The van der Waals surface area contributed by atoms with E-state index in [9.17, 15) is 9.90 Å². The Morgan fingerprint density at radius 1 is 1.00 bits per heavy atom. The van der Waals surface area contributed by atoms with Gasteiger partial charge in [-0.25, -0.2) is 4.98 Å². The zero-order chi connectivity index (χ0) is 17.6. The first-order valence-electron chi connectivity index (χ1n) is 7.77. The Kier molecular flexibility index (Phi) is 5.11. The van der Waals surface area contributed by atoms with Gasteiger partial charge in [0, 0.05) is 11.5 Å². The van der Waals surface area contributed by atoms with Crippen molar-refractivity contribution in [1.29, 1.82) is 0 Å². The lowest BCUT2D eigenvalue weighted by Crippen LogP contribution is -2.04. The van der Waals surface area contributed by atoms with Gasteiger partial charge in [-0.05, 0) is 42.0 Å². The first-order valence-corrected chi connectivity index (χ1v) is 7.77. The zero-order valence-electron chi connectivity index (χ0n) is 13.4. The van der Waals surface area contributed by atoms with E-state index < -0.39 is 5.97 Å². The van der Waals surface area contributed by atoms with Gasteiger partial charge in [-0.2, -0.15) is 0 Å². The van der Waals surface area contributed by atoms with Crippen molar-refractivity contribution in [3.8, 4) is 17.4 Å². The molecule has 25 heavy (non-hydrogen) atoms. The van der Waals surface area contributed by atoms with Crippen LogP contribution in [0.5, 0.6) is 17.4 Å². The lowest BCUT2D eigenvalue weighted by molar-refractivity contribution is -0.137. The maximum absolute atomic E-state index is 10.5. The standard InChI is InChI=1S/C19H17NO5/c21-12-13-1-2-14-3-8-18(20-17(14)11-13)25-16-6-4-15(5-7-16)24-10-9-19(22)23/h1-8,11,21H,9-10,12H2,(H,22,23). The van der Waals surface area contributed by atoms with Crippen LogP contribution in [0.1, 0.15) is 12.0 Å². The number of ether oxygens (including phenoxy) is 2. The van der Waals surface area contributed by atoms with Crippen LogP contribution >= 0.6 is 0 Å². The first-order chi connectivity index (χ1) is 12.1. The molecule has 2 aromatic carbocycles. The summed E-state index contributed by atoms with van der Waals surface area (Å²) in [6, 6.07) is 16.1. The summed E-state index contributed by atoms with van der Waals surface area (Å²) < 4.78 is 11.1. The van der Waals surface area contributed by atoms with Crippen LogP contribution in [-0.2, 0) is 11.4 Å².